The van der Waals surface area contributed by atoms with Gasteiger partial charge in [0.1, 0.15) is 17.2 Å². The SMILES string of the molecule is CNC(=O)c1cc(Oc2ccc3c(c2)nc(Nc2ccc(Cl)c(-c4cccs4)c2)n3C)ccn1.[HH]. The summed E-state index contributed by atoms with van der Waals surface area (Å²) in [5.74, 6) is 1.55. The highest BCUT2D eigenvalue weighted by molar-refractivity contribution is 7.13. The number of pyridine rings is 1. The number of imidazole rings is 1. The van der Waals surface area contributed by atoms with Crippen molar-refractivity contribution in [1.29, 1.82) is 0 Å². The second-order valence-electron chi connectivity index (χ2n) is 7.50. The lowest BCUT2D eigenvalue weighted by Crippen LogP contribution is -2.18. The normalized spacial score (nSPS) is 10.9. The molecule has 0 saturated carbocycles. The van der Waals surface area contributed by atoms with Gasteiger partial charge in [0.2, 0.25) is 5.95 Å². The van der Waals surface area contributed by atoms with Crippen LogP contribution in [0.25, 0.3) is 21.5 Å². The van der Waals surface area contributed by atoms with E-state index in [1.54, 1.807) is 30.5 Å². The maximum Gasteiger partial charge on any atom is 0.269 e. The van der Waals surface area contributed by atoms with Crippen molar-refractivity contribution >= 4 is 51.5 Å². The molecule has 34 heavy (non-hydrogen) atoms. The number of thiophene rings is 1. The molecule has 5 rings (SSSR count). The summed E-state index contributed by atoms with van der Waals surface area (Å²) in [6.07, 6.45) is 1.54. The zero-order chi connectivity index (χ0) is 23.7. The molecule has 172 valence electrons. The topological polar surface area (TPSA) is 81.1 Å². The minimum atomic E-state index is -0.272. The molecular formula is C25H22ClN5O2S. The molecular weight excluding hydrogens is 470 g/mol. The summed E-state index contributed by atoms with van der Waals surface area (Å²) in [5, 5.41) is 8.68. The average Bonchev–Trinajstić information content (AvgIpc) is 3.48. The molecule has 0 unspecified atom stereocenters. The van der Waals surface area contributed by atoms with Crippen molar-refractivity contribution in [2.75, 3.05) is 12.4 Å². The Kier molecular flexibility index (Phi) is 5.91. The lowest BCUT2D eigenvalue weighted by molar-refractivity contribution is 0.0958. The predicted molar refractivity (Wildman–Crippen MR) is 139 cm³/mol. The van der Waals surface area contributed by atoms with Crippen molar-refractivity contribution in [3.05, 3.63) is 83.0 Å². The molecule has 0 bridgehead atoms. The third-order valence-electron chi connectivity index (χ3n) is 5.29. The smallest absolute Gasteiger partial charge is 0.269 e. The van der Waals surface area contributed by atoms with Crippen molar-refractivity contribution in [3.8, 4) is 21.9 Å². The molecule has 2 N–H and O–H groups in total. The Balaban J connectivity index is 0.00000289. The minimum absolute atomic E-state index is 0. The van der Waals surface area contributed by atoms with E-state index in [1.165, 1.54) is 6.20 Å². The Labute approximate surface area is 206 Å². The standard InChI is InChI=1S/C25H20ClN5O2S.H2/c1-27-24(32)21-14-17(9-10-28-21)33-16-6-8-22-20(13-16)30-25(31(22)2)29-15-5-7-19(26)18(12-15)23-4-3-11-34-23;/h3-14H,1-2H3,(H,27,32)(H,29,30);1H. The zero-order valence-corrected chi connectivity index (χ0v) is 19.9. The van der Waals surface area contributed by atoms with E-state index >= 15 is 0 Å². The van der Waals surface area contributed by atoms with Crippen LogP contribution in [0.3, 0.4) is 0 Å². The quantitative estimate of drug-likeness (QED) is 0.283. The molecule has 0 spiro atoms. The molecule has 5 aromatic rings. The number of benzene rings is 2. The van der Waals surface area contributed by atoms with Gasteiger partial charge in [-0.25, -0.2) is 4.98 Å². The summed E-state index contributed by atoms with van der Waals surface area (Å²) < 4.78 is 7.94. The van der Waals surface area contributed by atoms with Crippen molar-refractivity contribution < 1.29 is 11.0 Å². The second-order valence-corrected chi connectivity index (χ2v) is 8.85. The second kappa shape index (κ2) is 9.17. The molecule has 7 nitrogen and oxygen atoms in total. The number of rotatable bonds is 6. The lowest BCUT2D eigenvalue weighted by atomic mass is 10.1. The van der Waals surface area contributed by atoms with Crippen LogP contribution in [0, 0.1) is 0 Å². The maximum absolute atomic E-state index is 11.8. The van der Waals surface area contributed by atoms with Gasteiger partial charge in [-0.1, -0.05) is 17.7 Å². The molecule has 0 aliphatic rings. The van der Waals surface area contributed by atoms with E-state index in [-0.39, 0.29) is 13.0 Å². The molecule has 0 radical (unpaired) electrons. The first-order valence-corrected chi connectivity index (χ1v) is 11.7. The molecule has 3 aromatic heterocycles. The third kappa shape index (κ3) is 4.33. The van der Waals surface area contributed by atoms with E-state index in [2.05, 4.69) is 15.6 Å². The zero-order valence-electron chi connectivity index (χ0n) is 18.4. The van der Waals surface area contributed by atoms with Gasteiger partial charge in [-0.05, 0) is 47.8 Å². The molecule has 9 heteroatoms. The van der Waals surface area contributed by atoms with Crippen molar-refractivity contribution in [1.82, 2.24) is 19.9 Å². The van der Waals surface area contributed by atoms with Gasteiger partial charge in [0.15, 0.2) is 0 Å². The van der Waals surface area contributed by atoms with Crippen molar-refractivity contribution in [2.45, 2.75) is 0 Å². The van der Waals surface area contributed by atoms with Gasteiger partial charge >= 0.3 is 0 Å². The summed E-state index contributed by atoms with van der Waals surface area (Å²) in [6.45, 7) is 0. The molecule has 1 amide bonds. The van der Waals surface area contributed by atoms with Crippen LogP contribution in [0.2, 0.25) is 5.02 Å². The van der Waals surface area contributed by atoms with Crippen molar-refractivity contribution in [3.63, 3.8) is 0 Å². The van der Waals surface area contributed by atoms with E-state index in [4.69, 9.17) is 21.3 Å². The Morgan fingerprint density at radius 2 is 1.97 bits per heavy atom. The number of hydrogen-bond acceptors (Lipinski definition) is 6. The minimum Gasteiger partial charge on any atom is -0.457 e. The molecule has 0 atom stereocenters. The number of anilines is 2. The number of halogens is 1. The summed E-state index contributed by atoms with van der Waals surface area (Å²) in [6, 6.07) is 18.9. The van der Waals surface area contributed by atoms with Crippen LogP contribution in [-0.2, 0) is 7.05 Å². The number of ether oxygens (including phenoxy) is 1. The fourth-order valence-electron chi connectivity index (χ4n) is 3.57. The number of nitrogens with zero attached hydrogens (tertiary/aromatic N) is 3. The van der Waals surface area contributed by atoms with Crippen LogP contribution < -0.4 is 15.4 Å². The van der Waals surface area contributed by atoms with E-state index in [9.17, 15) is 4.79 Å². The molecule has 0 aliphatic carbocycles. The third-order valence-corrected chi connectivity index (χ3v) is 6.52. The van der Waals surface area contributed by atoms with Gasteiger partial charge in [0, 0.05) is 55.0 Å². The molecule has 0 fully saturated rings. The van der Waals surface area contributed by atoms with Crippen LogP contribution in [0.4, 0.5) is 11.6 Å². The fourth-order valence-corrected chi connectivity index (χ4v) is 4.60. The Hall–Kier alpha value is -3.88. The van der Waals surface area contributed by atoms with Crippen molar-refractivity contribution in [2.24, 2.45) is 7.05 Å². The first-order chi connectivity index (χ1) is 16.5. The van der Waals surface area contributed by atoms with E-state index in [0.717, 1.165) is 27.2 Å². The van der Waals surface area contributed by atoms with Gasteiger partial charge in [-0.15, -0.1) is 11.3 Å². The average molecular weight is 492 g/mol. The molecule has 0 aliphatic heterocycles. The number of aromatic nitrogens is 3. The number of fused-ring (bicyclic) bond motifs is 1. The summed E-state index contributed by atoms with van der Waals surface area (Å²) in [7, 11) is 3.51. The number of aryl methyl sites for hydroxylation is 1. The van der Waals surface area contributed by atoms with Gasteiger partial charge in [-0.3, -0.25) is 9.78 Å². The highest BCUT2D eigenvalue weighted by Crippen LogP contribution is 2.35. The Morgan fingerprint density at radius 1 is 1.12 bits per heavy atom. The van der Waals surface area contributed by atoms with Crippen LogP contribution >= 0.6 is 22.9 Å². The van der Waals surface area contributed by atoms with Crippen LogP contribution in [0.15, 0.2) is 72.2 Å². The molecule has 3 heterocycles. The van der Waals surface area contributed by atoms with Gasteiger partial charge in [-0.2, -0.15) is 0 Å². The first kappa shape index (κ1) is 21.9. The number of amides is 1. The predicted octanol–water partition coefficient (Wildman–Crippen LogP) is 6.49. The van der Waals surface area contributed by atoms with E-state index < -0.39 is 0 Å². The lowest BCUT2D eigenvalue weighted by Gasteiger charge is -2.09. The van der Waals surface area contributed by atoms with Gasteiger partial charge in [0.25, 0.3) is 5.91 Å². The highest BCUT2D eigenvalue weighted by Gasteiger charge is 2.12. The summed E-state index contributed by atoms with van der Waals surface area (Å²) in [4.78, 5) is 21.8. The van der Waals surface area contributed by atoms with Crippen LogP contribution in [0.1, 0.15) is 11.9 Å². The maximum atomic E-state index is 11.8. The summed E-state index contributed by atoms with van der Waals surface area (Å²) in [5.41, 5.74) is 3.87. The number of carbonyl (C=O) groups excluding carboxylic acids is 1. The van der Waals surface area contributed by atoms with E-state index in [0.29, 0.717) is 22.5 Å². The first-order valence-electron chi connectivity index (χ1n) is 10.4. The monoisotopic (exact) mass is 491 g/mol. The summed E-state index contributed by atoms with van der Waals surface area (Å²) >= 11 is 8.07. The van der Waals surface area contributed by atoms with E-state index in [1.807, 2.05) is 65.5 Å². The molecule has 2 aromatic carbocycles. The van der Waals surface area contributed by atoms with Gasteiger partial charge in [0.05, 0.1) is 11.0 Å². The van der Waals surface area contributed by atoms with Crippen LogP contribution in [-0.4, -0.2) is 27.5 Å². The molecule has 0 saturated heterocycles. The fraction of sp³-hybridized carbons (Fsp3) is 0.0800. The van der Waals surface area contributed by atoms with Crippen LogP contribution in [0.5, 0.6) is 11.5 Å². The highest BCUT2D eigenvalue weighted by atomic mass is 35.5. The number of carbonyl (C=O) groups is 1. The number of hydrogen-bond donors (Lipinski definition) is 2. The number of nitrogens with one attached hydrogen (secondary N) is 2. The van der Waals surface area contributed by atoms with Gasteiger partial charge < -0.3 is 19.9 Å². The Morgan fingerprint density at radius 3 is 2.76 bits per heavy atom. The largest absolute Gasteiger partial charge is 0.457 e. The Bertz CT molecular complexity index is 1500.